The Bertz CT molecular complexity index is 508. The third kappa shape index (κ3) is 1.56. The zero-order chi connectivity index (χ0) is 10.1. The van der Waals surface area contributed by atoms with Crippen molar-refractivity contribution < 1.29 is 4.79 Å². The molecule has 0 aromatic heterocycles. The van der Waals surface area contributed by atoms with Gasteiger partial charge in [-0.15, -0.1) is 0 Å². The summed E-state index contributed by atoms with van der Waals surface area (Å²) in [6.45, 7) is 0. The lowest BCUT2D eigenvalue weighted by atomic mass is 10.1. The zero-order valence-electron chi connectivity index (χ0n) is 7.13. The van der Waals surface area contributed by atoms with Gasteiger partial charge in [-0.25, -0.2) is 0 Å². The molecule has 0 saturated carbocycles. The molecule has 2 aromatic rings. The number of carbonyl (C=O) groups excluding carboxylic acids is 1. The third-order valence-electron chi connectivity index (χ3n) is 2.08. The van der Waals surface area contributed by atoms with E-state index in [1.165, 1.54) is 0 Å². The highest BCUT2D eigenvalue weighted by Gasteiger charge is 2.08. The van der Waals surface area contributed by atoms with Gasteiger partial charge in [-0.3, -0.25) is 4.79 Å². The average Bonchev–Trinajstić information content (AvgIpc) is 2.18. The Morgan fingerprint density at radius 2 is 1.71 bits per heavy atom. The van der Waals surface area contributed by atoms with Crippen molar-refractivity contribution in [1.82, 2.24) is 0 Å². The molecule has 0 radical (unpaired) electrons. The maximum absolute atomic E-state index is 11.1. The number of halogens is 2. The summed E-state index contributed by atoms with van der Waals surface area (Å²) < 4.78 is 0.967. The van der Waals surface area contributed by atoms with E-state index in [2.05, 4.69) is 15.9 Å². The summed E-state index contributed by atoms with van der Waals surface area (Å²) in [4.78, 5) is 11.1. The largest absolute Gasteiger partial charge is 0.276 e. The second kappa shape index (κ2) is 3.71. The van der Waals surface area contributed by atoms with Crippen LogP contribution in [0.5, 0.6) is 0 Å². The van der Waals surface area contributed by atoms with E-state index in [1.807, 2.05) is 30.3 Å². The lowest BCUT2D eigenvalue weighted by Crippen LogP contribution is -1.90. The fraction of sp³-hybridized carbons (Fsp3) is 0. The molecule has 1 nitrogen and oxygen atoms in total. The summed E-state index contributed by atoms with van der Waals surface area (Å²) in [6, 6.07) is 11.2. The molecule has 14 heavy (non-hydrogen) atoms. The molecule has 2 rings (SSSR count). The Labute approximate surface area is 94.8 Å². The fourth-order valence-corrected chi connectivity index (χ4v) is 2.08. The van der Waals surface area contributed by atoms with Gasteiger partial charge in [0.25, 0.3) is 5.24 Å². The van der Waals surface area contributed by atoms with Crippen molar-refractivity contribution in [3.05, 3.63) is 46.4 Å². The number of hydrogen-bond donors (Lipinski definition) is 0. The summed E-state index contributed by atoms with van der Waals surface area (Å²) in [5.74, 6) is 0. The Balaban J connectivity index is 2.88. The molecule has 0 bridgehead atoms. The number of carbonyl (C=O) groups is 1. The van der Waals surface area contributed by atoms with E-state index in [4.69, 9.17) is 11.6 Å². The highest BCUT2D eigenvalue weighted by molar-refractivity contribution is 9.10. The van der Waals surface area contributed by atoms with Crippen LogP contribution >= 0.6 is 27.5 Å². The Morgan fingerprint density at radius 3 is 2.36 bits per heavy atom. The van der Waals surface area contributed by atoms with Crippen molar-refractivity contribution in [2.45, 2.75) is 0 Å². The molecular formula is C11H6BrClO. The van der Waals surface area contributed by atoms with Crippen LogP contribution in [0.15, 0.2) is 40.9 Å². The topological polar surface area (TPSA) is 17.1 Å². The van der Waals surface area contributed by atoms with Gasteiger partial charge >= 0.3 is 0 Å². The monoisotopic (exact) mass is 268 g/mol. The van der Waals surface area contributed by atoms with Gasteiger partial charge in [0.1, 0.15) is 0 Å². The van der Waals surface area contributed by atoms with Gasteiger partial charge in [0.15, 0.2) is 0 Å². The molecule has 0 saturated heterocycles. The molecule has 0 fully saturated rings. The summed E-state index contributed by atoms with van der Waals surface area (Å²) in [7, 11) is 0. The van der Waals surface area contributed by atoms with Crippen LogP contribution in [0.1, 0.15) is 10.4 Å². The van der Waals surface area contributed by atoms with Gasteiger partial charge in [-0.2, -0.15) is 0 Å². The molecule has 0 heterocycles. The predicted octanol–water partition coefficient (Wildman–Crippen LogP) is 3.98. The lowest BCUT2D eigenvalue weighted by Gasteiger charge is -2.03. The smallest absolute Gasteiger partial charge is 0.253 e. The van der Waals surface area contributed by atoms with Gasteiger partial charge in [0.05, 0.1) is 0 Å². The molecule has 2 aromatic carbocycles. The van der Waals surface area contributed by atoms with Crippen LogP contribution < -0.4 is 0 Å². The molecule has 0 aliphatic carbocycles. The molecule has 0 atom stereocenters. The second-order valence-corrected chi connectivity index (χ2v) is 4.11. The first-order valence-corrected chi connectivity index (χ1v) is 5.24. The van der Waals surface area contributed by atoms with Crippen LogP contribution in [-0.4, -0.2) is 5.24 Å². The molecule has 0 N–H and O–H groups in total. The number of benzene rings is 2. The average molecular weight is 270 g/mol. The Morgan fingerprint density at radius 1 is 1.07 bits per heavy atom. The highest BCUT2D eigenvalue weighted by Crippen LogP contribution is 2.27. The van der Waals surface area contributed by atoms with Crippen molar-refractivity contribution in [3.63, 3.8) is 0 Å². The molecule has 3 heteroatoms. The van der Waals surface area contributed by atoms with Gasteiger partial charge in [-0.05, 0) is 34.5 Å². The van der Waals surface area contributed by atoms with Crippen molar-refractivity contribution >= 4 is 43.5 Å². The Kier molecular flexibility index (Phi) is 2.57. The maximum Gasteiger partial charge on any atom is 0.253 e. The van der Waals surface area contributed by atoms with Crippen molar-refractivity contribution in [2.75, 3.05) is 0 Å². The molecule has 0 amide bonds. The van der Waals surface area contributed by atoms with Gasteiger partial charge in [0, 0.05) is 10.0 Å². The van der Waals surface area contributed by atoms with Crippen LogP contribution in [-0.2, 0) is 0 Å². The zero-order valence-corrected chi connectivity index (χ0v) is 9.47. The second-order valence-electron chi connectivity index (χ2n) is 2.91. The number of rotatable bonds is 1. The minimum Gasteiger partial charge on any atom is -0.276 e. The molecule has 0 spiro atoms. The van der Waals surface area contributed by atoms with Crippen molar-refractivity contribution in [2.24, 2.45) is 0 Å². The lowest BCUT2D eigenvalue weighted by molar-refractivity contribution is 0.108. The number of hydrogen-bond acceptors (Lipinski definition) is 1. The first kappa shape index (κ1) is 9.69. The maximum atomic E-state index is 11.1. The first-order chi connectivity index (χ1) is 6.70. The van der Waals surface area contributed by atoms with Crippen LogP contribution in [0.3, 0.4) is 0 Å². The minimum atomic E-state index is -0.422. The Hall–Kier alpha value is -0.860. The first-order valence-electron chi connectivity index (χ1n) is 4.07. The van der Waals surface area contributed by atoms with E-state index in [0.717, 1.165) is 15.2 Å². The predicted molar refractivity (Wildman–Crippen MR) is 61.8 cm³/mol. The van der Waals surface area contributed by atoms with Gasteiger partial charge < -0.3 is 0 Å². The van der Waals surface area contributed by atoms with E-state index in [1.54, 1.807) is 6.07 Å². The highest BCUT2D eigenvalue weighted by atomic mass is 79.9. The van der Waals surface area contributed by atoms with E-state index in [0.29, 0.717) is 5.56 Å². The summed E-state index contributed by atoms with van der Waals surface area (Å²) >= 11 is 8.91. The molecule has 70 valence electrons. The quantitative estimate of drug-likeness (QED) is 0.716. The molecule has 0 aliphatic heterocycles. The van der Waals surface area contributed by atoms with E-state index >= 15 is 0 Å². The van der Waals surface area contributed by atoms with Crippen LogP contribution in [0.2, 0.25) is 0 Å². The fourth-order valence-electron chi connectivity index (χ4n) is 1.43. The van der Waals surface area contributed by atoms with Crippen LogP contribution in [0.4, 0.5) is 0 Å². The van der Waals surface area contributed by atoms with Crippen molar-refractivity contribution in [1.29, 1.82) is 0 Å². The number of fused-ring (bicyclic) bond motifs is 1. The summed E-state index contributed by atoms with van der Waals surface area (Å²) in [5.41, 5.74) is 0.547. The minimum absolute atomic E-state index is 0.422. The SMILES string of the molecule is O=C(Cl)c1ccc(Br)c2ccccc12. The van der Waals surface area contributed by atoms with E-state index in [9.17, 15) is 4.79 Å². The van der Waals surface area contributed by atoms with Crippen LogP contribution in [0.25, 0.3) is 10.8 Å². The van der Waals surface area contributed by atoms with E-state index < -0.39 is 5.24 Å². The van der Waals surface area contributed by atoms with Gasteiger partial charge in [0.2, 0.25) is 0 Å². The summed E-state index contributed by atoms with van der Waals surface area (Å²) in [6.07, 6.45) is 0. The molecule has 0 unspecified atom stereocenters. The van der Waals surface area contributed by atoms with Gasteiger partial charge in [-0.1, -0.05) is 40.2 Å². The molecular weight excluding hydrogens is 263 g/mol. The summed E-state index contributed by atoms with van der Waals surface area (Å²) in [5, 5.41) is 1.45. The van der Waals surface area contributed by atoms with Crippen LogP contribution in [0, 0.1) is 0 Å². The van der Waals surface area contributed by atoms with Crippen molar-refractivity contribution in [3.8, 4) is 0 Å². The third-order valence-corrected chi connectivity index (χ3v) is 2.98. The standard InChI is InChI=1S/C11H6BrClO/c12-10-6-5-9(11(13)14)7-3-1-2-4-8(7)10/h1-6H. The van der Waals surface area contributed by atoms with E-state index in [-0.39, 0.29) is 0 Å². The normalized spacial score (nSPS) is 10.4. The molecule has 0 aliphatic rings.